The van der Waals surface area contributed by atoms with Crippen LogP contribution in [0.2, 0.25) is 0 Å². The SMILES string of the molecule is O=C(CN1CCc2ccccc21)N(c1ccccc1)[C@H]1CCS(=O)(=O)C1. The van der Waals surface area contributed by atoms with E-state index in [2.05, 4.69) is 11.0 Å². The zero-order chi connectivity index (χ0) is 18.1. The third-order valence-corrected chi connectivity index (χ3v) is 6.94. The third-order valence-electron chi connectivity index (χ3n) is 5.19. The molecule has 26 heavy (non-hydrogen) atoms. The lowest BCUT2D eigenvalue weighted by atomic mass is 10.1. The highest BCUT2D eigenvalue weighted by molar-refractivity contribution is 7.91. The Kier molecular flexibility index (Phi) is 4.44. The van der Waals surface area contributed by atoms with E-state index >= 15 is 0 Å². The Hall–Kier alpha value is -2.34. The number of rotatable bonds is 4. The molecule has 0 radical (unpaired) electrons. The van der Waals surface area contributed by atoms with Crippen molar-refractivity contribution in [2.45, 2.75) is 18.9 Å². The van der Waals surface area contributed by atoms with Crippen LogP contribution in [-0.2, 0) is 21.1 Å². The van der Waals surface area contributed by atoms with E-state index in [-0.39, 0.29) is 30.0 Å². The molecule has 136 valence electrons. The number of carbonyl (C=O) groups is 1. The van der Waals surface area contributed by atoms with Crippen LogP contribution in [0.3, 0.4) is 0 Å². The summed E-state index contributed by atoms with van der Waals surface area (Å²) in [6, 6.07) is 17.3. The van der Waals surface area contributed by atoms with Gasteiger partial charge in [0.2, 0.25) is 5.91 Å². The van der Waals surface area contributed by atoms with E-state index in [1.165, 1.54) is 5.56 Å². The van der Waals surface area contributed by atoms with E-state index in [0.717, 1.165) is 24.3 Å². The topological polar surface area (TPSA) is 57.7 Å². The van der Waals surface area contributed by atoms with E-state index in [4.69, 9.17) is 0 Å². The van der Waals surface area contributed by atoms with Gasteiger partial charge < -0.3 is 9.80 Å². The zero-order valence-corrected chi connectivity index (χ0v) is 15.4. The van der Waals surface area contributed by atoms with Gasteiger partial charge in [-0.1, -0.05) is 36.4 Å². The molecule has 0 aliphatic carbocycles. The predicted octanol–water partition coefficient (Wildman–Crippen LogP) is 2.27. The third kappa shape index (κ3) is 3.33. The second-order valence-corrected chi connectivity index (χ2v) is 9.19. The van der Waals surface area contributed by atoms with Gasteiger partial charge in [0.05, 0.1) is 24.1 Å². The maximum Gasteiger partial charge on any atom is 0.246 e. The standard InChI is InChI=1S/C20H22N2O3S/c23-20(14-21-12-10-16-6-4-5-9-19(16)21)22(17-7-2-1-3-8-17)18-11-13-26(24,25)15-18/h1-9,18H,10-15H2/t18-/m0/s1. The molecule has 6 heteroatoms. The van der Waals surface area contributed by atoms with Gasteiger partial charge in [-0.15, -0.1) is 0 Å². The van der Waals surface area contributed by atoms with Crippen molar-refractivity contribution in [1.82, 2.24) is 0 Å². The number of carbonyl (C=O) groups excluding carboxylic acids is 1. The molecular weight excluding hydrogens is 348 g/mol. The smallest absolute Gasteiger partial charge is 0.246 e. The fraction of sp³-hybridized carbons (Fsp3) is 0.350. The fourth-order valence-corrected chi connectivity index (χ4v) is 5.64. The quantitative estimate of drug-likeness (QED) is 0.828. The maximum atomic E-state index is 13.2. The molecule has 5 nitrogen and oxygen atoms in total. The normalized spacial score (nSPS) is 20.8. The minimum absolute atomic E-state index is 0.0459. The van der Waals surface area contributed by atoms with Crippen LogP contribution in [0, 0.1) is 0 Å². The summed E-state index contributed by atoms with van der Waals surface area (Å²) in [5.41, 5.74) is 3.13. The molecule has 2 heterocycles. The van der Waals surface area contributed by atoms with Gasteiger partial charge in [-0.3, -0.25) is 4.79 Å². The van der Waals surface area contributed by atoms with Crippen LogP contribution in [0.1, 0.15) is 12.0 Å². The van der Waals surface area contributed by atoms with Gasteiger partial charge in [0.25, 0.3) is 0 Å². The first-order valence-corrected chi connectivity index (χ1v) is 10.8. The number of hydrogen-bond acceptors (Lipinski definition) is 4. The second kappa shape index (κ2) is 6.76. The predicted molar refractivity (Wildman–Crippen MR) is 103 cm³/mol. The number of amides is 1. The van der Waals surface area contributed by atoms with Crippen molar-refractivity contribution in [2.75, 3.05) is 34.4 Å². The molecule has 0 N–H and O–H groups in total. The number of benzene rings is 2. The van der Waals surface area contributed by atoms with Crippen LogP contribution in [-0.4, -0.2) is 45.0 Å². The van der Waals surface area contributed by atoms with E-state index in [9.17, 15) is 13.2 Å². The van der Waals surface area contributed by atoms with Crippen molar-refractivity contribution < 1.29 is 13.2 Å². The van der Waals surface area contributed by atoms with Crippen molar-refractivity contribution in [3.63, 3.8) is 0 Å². The van der Waals surface area contributed by atoms with Gasteiger partial charge in [0.1, 0.15) is 0 Å². The highest BCUT2D eigenvalue weighted by Gasteiger charge is 2.36. The fourth-order valence-electron chi connectivity index (χ4n) is 3.94. The number of fused-ring (bicyclic) bond motifs is 1. The van der Waals surface area contributed by atoms with Crippen LogP contribution >= 0.6 is 0 Å². The molecule has 2 aliphatic heterocycles. The summed E-state index contributed by atoms with van der Waals surface area (Å²) >= 11 is 0. The Morgan fingerprint density at radius 1 is 1.08 bits per heavy atom. The average molecular weight is 370 g/mol. The lowest BCUT2D eigenvalue weighted by Crippen LogP contribution is -2.46. The molecule has 0 spiro atoms. The molecular formula is C20H22N2O3S. The Bertz CT molecular complexity index is 912. The molecule has 0 aromatic heterocycles. The highest BCUT2D eigenvalue weighted by Crippen LogP contribution is 2.29. The van der Waals surface area contributed by atoms with Crippen LogP contribution in [0.15, 0.2) is 54.6 Å². The first-order chi connectivity index (χ1) is 12.5. The summed E-state index contributed by atoms with van der Waals surface area (Å²) in [5.74, 6) is 0.153. The molecule has 2 aromatic rings. The second-order valence-electron chi connectivity index (χ2n) is 6.96. The summed E-state index contributed by atoms with van der Waals surface area (Å²) in [4.78, 5) is 17.0. The monoisotopic (exact) mass is 370 g/mol. The minimum Gasteiger partial charge on any atom is -0.362 e. The zero-order valence-electron chi connectivity index (χ0n) is 14.5. The molecule has 2 aromatic carbocycles. The molecule has 0 unspecified atom stereocenters. The average Bonchev–Trinajstić information content (AvgIpc) is 3.20. The van der Waals surface area contributed by atoms with Gasteiger partial charge in [-0.25, -0.2) is 8.42 Å². The molecule has 1 atom stereocenters. The summed E-state index contributed by atoms with van der Waals surface area (Å²) in [7, 11) is -3.07. The van der Waals surface area contributed by atoms with Crippen LogP contribution in [0.5, 0.6) is 0 Å². The summed E-state index contributed by atoms with van der Waals surface area (Å²) < 4.78 is 23.9. The number of hydrogen-bond donors (Lipinski definition) is 0. The largest absolute Gasteiger partial charge is 0.362 e. The van der Waals surface area contributed by atoms with Crippen LogP contribution in [0.4, 0.5) is 11.4 Å². The summed E-state index contributed by atoms with van der Waals surface area (Å²) in [6.07, 6.45) is 1.44. The summed E-state index contributed by atoms with van der Waals surface area (Å²) in [5, 5.41) is 0. The number of nitrogens with zero attached hydrogens (tertiary/aromatic N) is 2. The molecule has 0 saturated carbocycles. The van der Waals surface area contributed by atoms with Gasteiger partial charge in [-0.2, -0.15) is 0 Å². The van der Waals surface area contributed by atoms with Gasteiger partial charge in [0, 0.05) is 17.9 Å². The minimum atomic E-state index is -3.07. The van der Waals surface area contributed by atoms with Gasteiger partial charge >= 0.3 is 0 Å². The number of anilines is 2. The maximum absolute atomic E-state index is 13.2. The van der Waals surface area contributed by atoms with Crippen molar-refractivity contribution in [2.24, 2.45) is 0 Å². The van der Waals surface area contributed by atoms with Crippen molar-refractivity contribution in [3.8, 4) is 0 Å². The first-order valence-electron chi connectivity index (χ1n) is 8.94. The van der Waals surface area contributed by atoms with Crippen molar-refractivity contribution >= 4 is 27.1 Å². The van der Waals surface area contributed by atoms with Gasteiger partial charge in [0.15, 0.2) is 9.84 Å². The van der Waals surface area contributed by atoms with E-state index in [1.807, 2.05) is 48.5 Å². The van der Waals surface area contributed by atoms with E-state index in [0.29, 0.717) is 6.42 Å². The Morgan fingerprint density at radius 3 is 2.54 bits per heavy atom. The van der Waals surface area contributed by atoms with E-state index in [1.54, 1.807) is 4.90 Å². The Balaban J connectivity index is 1.59. The molecule has 4 rings (SSSR count). The van der Waals surface area contributed by atoms with Crippen molar-refractivity contribution in [3.05, 3.63) is 60.2 Å². The van der Waals surface area contributed by atoms with Crippen LogP contribution < -0.4 is 9.80 Å². The molecule has 0 bridgehead atoms. The van der Waals surface area contributed by atoms with E-state index < -0.39 is 9.84 Å². The lowest BCUT2D eigenvalue weighted by molar-refractivity contribution is -0.117. The molecule has 1 saturated heterocycles. The Morgan fingerprint density at radius 2 is 1.81 bits per heavy atom. The first kappa shape index (κ1) is 17.1. The lowest BCUT2D eigenvalue weighted by Gasteiger charge is -2.31. The molecule has 2 aliphatic rings. The van der Waals surface area contributed by atoms with Crippen molar-refractivity contribution in [1.29, 1.82) is 0 Å². The number of sulfone groups is 1. The highest BCUT2D eigenvalue weighted by atomic mass is 32.2. The Labute approximate surface area is 154 Å². The number of para-hydroxylation sites is 2. The van der Waals surface area contributed by atoms with Gasteiger partial charge in [-0.05, 0) is 36.6 Å². The molecule has 1 amide bonds. The summed E-state index contributed by atoms with van der Waals surface area (Å²) in [6.45, 7) is 1.08. The molecule has 1 fully saturated rings. The van der Waals surface area contributed by atoms with Crippen LogP contribution in [0.25, 0.3) is 0 Å².